The van der Waals surface area contributed by atoms with Crippen LogP contribution in [0.5, 0.6) is 0 Å². The number of aromatic nitrogens is 1. The second-order valence-corrected chi connectivity index (χ2v) is 11.1. The molecule has 0 radical (unpaired) electrons. The van der Waals surface area contributed by atoms with Gasteiger partial charge in [-0.1, -0.05) is 0 Å². The third-order valence-corrected chi connectivity index (χ3v) is 8.25. The van der Waals surface area contributed by atoms with Crippen LogP contribution in [0.2, 0.25) is 0 Å². The van der Waals surface area contributed by atoms with Gasteiger partial charge in [-0.3, -0.25) is 9.59 Å². The Bertz CT molecular complexity index is 889. The molecule has 26 heavy (non-hydrogen) atoms. The number of rotatable bonds is 5. The van der Waals surface area contributed by atoms with Crippen molar-refractivity contribution in [1.29, 1.82) is 0 Å². The van der Waals surface area contributed by atoms with E-state index in [2.05, 4.69) is 0 Å². The van der Waals surface area contributed by atoms with Crippen molar-refractivity contribution in [1.82, 2.24) is 4.57 Å². The first kappa shape index (κ1) is 19.7. The van der Waals surface area contributed by atoms with Crippen LogP contribution in [-0.2, 0) is 19.4 Å². The van der Waals surface area contributed by atoms with E-state index < -0.39 is 32.2 Å². The number of sulfone groups is 1. The standard InChI is InChI=1S/C17H21Cl2NO5S/c1-10-6-13(11(2)20(10)12-4-5-26(23,24)8-12)14(21)7-25-15(22)16(3)9-17(16,18)19/h6,12H,4-5,7-9H2,1-3H3. The summed E-state index contributed by atoms with van der Waals surface area (Å²) in [7, 11) is -3.03. The van der Waals surface area contributed by atoms with Crippen molar-refractivity contribution in [3.05, 3.63) is 23.0 Å². The van der Waals surface area contributed by atoms with Crippen molar-refractivity contribution >= 4 is 44.8 Å². The molecule has 0 N–H and O–H groups in total. The van der Waals surface area contributed by atoms with Gasteiger partial charge in [0.25, 0.3) is 0 Å². The fourth-order valence-corrected chi connectivity index (χ4v) is 5.98. The largest absolute Gasteiger partial charge is 0.457 e. The molecule has 1 aliphatic heterocycles. The number of Topliss-reactive ketones (excluding diaryl/α,β-unsaturated/α-hetero) is 1. The number of carbonyl (C=O) groups excluding carboxylic acids is 2. The zero-order chi connectivity index (χ0) is 19.5. The van der Waals surface area contributed by atoms with Crippen LogP contribution >= 0.6 is 23.2 Å². The average Bonchev–Trinajstić information content (AvgIpc) is 2.80. The highest BCUT2D eigenvalue weighted by molar-refractivity contribution is 7.91. The van der Waals surface area contributed by atoms with Gasteiger partial charge in [0, 0.05) is 29.4 Å². The van der Waals surface area contributed by atoms with Crippen molar-refractivity contribution in [2.24, 2.45) is 5.41 Å². The molecule has 0 bridgehead atoms. The van der Waals surface area contributed by atoms with E-state index in [1.54, 1.807) is 19.9 Å². The Kier molecular flexibility index (Phi) is 4.73. The van der Waals surface area contributed by atoms with Crippen LogP contribution in [0.1, 0.15) is 47.6 Å². The first-order valence-corrected chi connectivity index (χ1v) is 10.9. The van der Waals surface area contributed by atoms with Gasteiger partial charge < -0.3 is 9.30 Å². The Balaban J connectivity index is 1.71. The maximum atomic E-state index is 12.5. The van der Waals surface area contributed by atoms with E-state index in [9.17, 15) is 18.0 Å². The van der Waals surface area contributed by atoms with Gasteiger partial charge in [-0.25, -0.2) is 8.42 Å². The van der Waals surface area contributed by atoms with Gasteiger partial charge in [0.1, 0.15) is 9.75 Å². The number of esters is 1. The molecule has 0 aromatic carbocycles. The van der Waals surface area contributed by atoms with E-state index in [1.165, 1.54) is 0 Å². The van der Waals surface area contributed by atoms with Gasteiger partial charge in [-0.15, -0.1) is 23.2 Å². The van der Waals surface area contributed by atoms with Crippen LogP contribution in [0, 0.1) is 19.3 Å². The molecule has 1 aromatic rings. The molecule has 9 heteroatoms. The normalized spacial score (nSPS) is 28.7. The fraction of sp³-hybridized carbons (Fsp3) is 0.647. The number of aryl methyl sites for hydroxylation is 1. The molecular formula is C17H21Cl2NO5S. The molecule has 1 saturated heterocycles. The summed E-state index contributed by atoms with van der Waals surface area (Å²) in [5, 5.41) is 0. The molecular weight excluding hydrogens is 401 g/mol. The van der Waals surface area contributed by atoms with Gasteiger partial charge in [-0.2, -0.15) is 0 Å². The van der Waals surface area contributed by atoms with Crippen LogP contribution < -0.4 is 0 Å². The summed E-state index contributed by atoms with van der Waals surface area (Å²) in [6.45, 7) is 4.82. The Morgan fingerprint density at radius 1 is 1.35 bits per heavy atom. The van der Waals surface area contributed by atoms with Gasteiger partial charge in [0.05, 0.1) is 11.5 Å². The Morgan fingerprint density at radius 3 is 2.46 bits per heavy atom. The molecule has 2 heterocycles. The van der Waals surface area contributed by atoms with E-state index in [1.807, 2.05) is 11.5 Å². The number of alkyl halides is 2. The van der Waals surface area contributed by atoms with Crippen LogP contribution in [0.25, 0.3) is 0 Å². The minimum atomic E-state index is -3.03. The smallest absolute Gasteiger partial charge is 0.315 e. The molecule has 1 saturated carbocycles. The van der Waals surface area contributed by atoms with E-state index in [0.29, 0.717) is 24.1 Å². The lowest BCUT2D eigenvalue weighted by Crippen LogP contribution is -2.24. The summed E-state index contributed by atoms with van der Waals surface area (Å²) < 4.78 is 29.4. The molecule has 1 aromatic heterocycles. The topological polar surface area (TPSA) is 82.4 Å². The summed E-state index contributed by atoms with van der Waals surface area (Å²) in [4.78, 5) is 24.6. The lowest BCUT2D eigenvalue weighted by Gasteiger charge is -2.16. The van der Waals surface area contributed by atoms with Crippen molar-refractivity contribution in [3.8, 4) is 0 Å². The highest BCUT2D eigenvalue weighted by Crippen LogP contribution is 2.64. The van der Waals surface area contributed by atoms with Gasteiger partial charge in [-0.05, 0) is 33.3 Å². The second-order valence-electron chi connectivity index (χ2n) is 7.42. The summed E-state index contributed by atoms with van der Waals surface area (Å²) >= 11 is 11.9. The summed E-state index contributed by atoms with van der Waals surface area (Å²) in [6, 6.07) is 1.55. The van der Waals surface area contributed by atoms with Gasteiger partial charge >= 0.3 is 5.97 Å². The Labute approximate surface area is 162 Å². The molecule has 6 nitrogen and oxygen atoms in total. The molecule has 2 atom stereocenters. The molecule has 0 spiro atoms. The lowest BCUT2D eigenvalue weighted by molar-refractivity contribution is -0.148. The number of carbonyl (C=O) groups is 2. The maximum Gasteiger partial charge on any atom is 0.315 e. The molecule has 2 fully saturated rings. The van der Waals surface area contributed by atoms with Gasteiger partial charge in [0.2, 0.25) is 5.78 Å². The van der Waals surface area contributed by atoms with Crippen molar-refractivity contribution < 1.29 is 22.7 Å². The third-order valence-electron chi connectivity index (χ3n) is 5.40. The minimum absolute atomic E-state index is 0.0812. The van der Waals surface area contributed by atoms with Crippen LogP contribution in [0.3, 0.4) is 0 Å². The zero-order valence-electron chi connectivity index (χ0n) is 14.8. The minimum Gasteiger partial charge on any atom is -0.457 e. The number of hydrogen-bond donors (Lipinski definition) is 0. The number of ketones is 1. The zero-order valence-corrected chi connectivity index (χ0v) is 17.2. The fourth-order valence-electron chi connectivity index (χ4n) is 3.59. The average molecular weight is 422 g/mol. The number of halogens is 2. The summed E-state index contributed by atoms with van der Waals surface area (Å²) in [5.74, 6) is -0.686. The molecule has 2 aliphatic rings. The SMILES string of the molecule is Cc1cc(C(=O)COC(=O)C2(C)CC2(Cl)Cl)c(C)n1C1CCS(=O)(=O)C1. The van der Waals surface area contributed by atoms with Crippen molar-refractivity contribution in [3.63, 3.8) is 0 Å². The predicted octanol–water partition coefficient (Wildman–Crippen LogP) is 2.77. The van der Waals surface area contributed by atoms with Crippen LogP contribution in [-0.4, -0.2) is 47.2 Å². The first-order valence-electron chi connectivity index (χ1n) is 8.35. The monoisotopic (exact) mass is 421 g/mol. The maximum absolute atomic E-state index is 12.5. The third kappa shape index (κ3) is 3.29. The molecule has 0 amide bonds. The van der Waals surface area contributed by atoms with Crippen LogP contribution in [0.4, 0.5) is 0 Å². The number of nitrogens with zero attached hydrogens (tertiary/aromatic N) is 1. The highest BCUT2D eigenvalue weighted by atomic mass is 35.5. The first-order chi connectivity index (χ1) is 11.9. The summed E-state index contributed by atoms with van der Waals surface area (Å²) in [5.41, 5.74) is 0.954. The van der Waals surface area contributed by atoms with E-state index in [4.69, 9.17) is 27.9 Å². The van der Waals surface area contributed by atoms with E-state index in [-0.39, 0.29) is 23.3 Å². The lowest BCUT2D eigenvalue weighted by atomic mass is 10.1. The quantitative estimate of drug-likeness (QED) is 0.414. The molecule has 1 aliphatic carbocycles. The Hall–Kier alpha value is -1.05. The van der Waals surface area contributed by atoms with E-state index in [0.717, 1.165) is 5.69 Å². The van der Waals surface area contributed by atoms with E-state index >= 15 is 0 Å². The predicted molar refractivity (Wildman–Crippen MR) is 98.7 cm³/mol. The second kappa shape index (κ2) is 6.24. The molecule has 3 rings (SSSR count). The number of ether oxygens (including phenoxy) is 1. The van der Waals surface area contributed by atoms with Gasteiger partial charge in [0.15, 0.2) is 16.4 Å². The highest BCUT2D eigenvalue weighted by Gasteiger charge is 2.69. The van der Waals surface area contributed by atoms with Crippen molar-refractivity contribution in [2.75, 3.05) is 18.1 Å². The van der Waals surface area contributed by atoms with Crippen LogP contribution in [0.15, 0.2) is 6.07 Å². The number of hydrogen-bond acceptors (Lipinski definition) is 5. The summed E-state index contributed by atoms with van der Waals surface area (Å²) in [6.07, 6.45) is 0.827. The Morgan fingerprint density at radius 2 is 1.96 bits per heavy atom. The van der Waals surface area contributed by atoms with Crippen molar-refractivity contribution in [2.45, 2.75) is 44.0 Å². The molecule has 2 unspecified atom stereocenters. The molecule has 144 valence electrons.